The van der Waals surface area contributed by atoms with Gasteiger partial charge in [-0.3, -0.25) is 19.1 Å². The number of hydrogen-bond donors (Lipinski definition) is 3. The van der Waals surface area contributed by atoms with Gasteiger partial charge in [0.05, 0.1) is 12.6 Å². The lowest BCUT2D eigenvalue weighted by Gasteiger charge is -2.20. The molecular weight excluding hydrogens is 406 g/mol. The third kappa shape index (κ3) is 4.99. The lowest BCUT2D eigenvalue weighted by molar-refractivity contribution is -0.119. The van der Waals surface area contributed by atoms with Crippen molar-refractivity contribution in [2.24, 2.45) is 0 Å². The van der Waals surface area contributed by atoms with Crippen molar-refractivity contribution >= 4 is 29.3 Å². The Balaban J connectivity index is 1.72. The summed E-state index contributed by atoms with van der Waals surface area (Å²) in [5, 5.41) is 12.7. The number of carbonyl (C=O) groups excluding carboxylic acids is 3. The van der Waals surface area contributed by atoms with Crippen LogP contribution < -0.4 is 16.0 Å². The number of amides is 3. The predicted octanol–water partition coefficient (Wildman–Crippen LogP) is 1.96. The molecule has 2 aromatic rings. The Bertz CT molecular complexity index is 939. The van der Waals surface area contributed by atoms with E-state index in [0.29, 0.717) is 18.2 Å². The van der Waals surface area contributed by atoms with E-state index in [1.54, 1.807) is 0 Å². The maximum absolute atomic E-state index is 12.6. The molecule has 0 fully saturated rings. The Hall–Kier alpha value is -2.87. The summed E-state index contributed by atoms with van der Waals surface area (Å²) < 4.78 is 1.54. The number of aromatic nitrogens is 2. The number of carbonyl (C=O) groups is 3. The second-order valence-electron chi connectivity index (χ2n) is 7.76. The van der Waals surface area contributed by atoms with E-state index in [9.17, 15) is 14.4 Å². The van der Waals surface area contributed by atoms with Crippen LogP contribution in [0.5, 0.6) is 0 Å². The fourth-order valence-electron chi connectivity index (χ4n) is 3.34. The molecule has 0 saturated heterocycles. The van der Waals surface area contributed by atoms with E-state index in [1.807, 2.05) is 31.2 Å². The molecule has 0 spiro atoms. The second kappa shape index (κ2) is 9.30. The molecule has 2 atom stereocenters. The number of alkyl halides is 1. The highest BCUT2D eigenvalue weighted by Gasteiger charge is 2.26. The number of halogens is 1. The first-order valence-electron chi connectivity index (χ1n) is 9.90. The fraction of sp³-hybridized carbons (Fsp3) is 0.429. The van der Waals surface area contributed by atoms with Gasteiger partial charge in [-0.2, -0.15) is 5.10 Å². The standard InChI is InChI=1S/C21H26ClN5O3/c1-12(2)14-4-6-15(7-5-14)17(25-19(28)9-22)10-23-20(29)16-8-18-21(30)24-13(3)11-27(18)26-16/h4-8,12-13,17H,9-11H2,1-3H3,(H,23,29)(H,24,30)(H,25,28). The molecule has 160 valence electrons. The van der Waals surface area contributed by atoms with Crippen LogP contribution in [-0.4, -0.2) is 46.0 Å². The van der Waals surface area contributed by atoms with Crippen LogP contribution in [0.4, 0.5) is 0 Å². The molecule has 9 heteroatoms. The van der Waals surface area contributed by atoms with Crippen LogP contribution in [0.15, 0.2) is 30.3 Å². The van der Waals surface area contributed by atoms with Gasteiger partial charge in [-0.15, -0.1) is 11.6 Å². The number of nitrogens with zero attached hydrogens (tertiary/aromatic N) is 2. The van der Waals surface area contributed by atoms with Gasteiger partial charge in [0.25, 0.3) is 11.8 Å². The summed E-state index contributed by atoms with van der Waals surface area (Å²) in [6.45, 7) is 6.75. The van der Waals surface area contributed by atoms with E-state index in [1.165, 1.54) is 16.3 Å². The molecule has 30 heavy (non-hydrogen) atoms. The first-order valence-corrected chi connectivity index (χ1v) is 10.4. The summed E-state index contributed by atoms with van der Waals surface area (Å²) in [6.07, 6.45) is 0. The van der Waals surface area contributed by atoms with Crippen molar-refractivity contribution in [3.8, 4) is 0 Å². The predicted molar refractivity (Wildman–Crippen MR) is 114 cm³/mol. The maximum atomic E-state index is 12.6. The lowest BCUT2D eigenvalue weighted by Crippen LogP contribution is -2.42. The zero-order chi connectivity index (χ0) is 21.8. The normalized spacial score (nSPS) is 16.6. The molecule has 3 amide bonds. The van der Waals surface area contributed by atoms with E-state index in [2.05, 4.69) is 34.9 Å². The largest absolute Gasteiger partial charge is 0.348 e. The Labute approximate surface area is 180 Å². The second-order valence-corrected chi connectivity index (χ2v) is 8.02. The van der Waals surface area contributed by atoms with E-state index in [4.69, 9.17) is 11.6 Å². The van der Waals surface area contributed by atoms with E-state index in [-0.39, 0.29) is 36.0 Å². The maximum Gasteiger partial charge on any atom is 0.271 e. The van der Waals surface area contributed by atoms with Gasteiger partial charge in [0, 0.05) is 18.7 Å². The van der Waals surface area contributed by atoms with Crippen LogP contribution in [0, 0.1) is 0 Å². The molecule has 1 aromatic carbocycles. The van der Waals surface area contributed by atoms with Crippen LogP contribution in [0.25, 0.3) is 0 Å². The molecule has 0 aliphatic carbocycles. The van der Waals surface area contributed by atoms with Gasteiger partial charge in [-0.25, -0.2) is 0 Å². The molecule has 0 saturated carbocycles. The molecule has 3 rings (SSSR count). The zero-order valence-electron chi connectivity index (χ0n) is 17.2. The SMILES string of the molecule is CC1Cn2nc(C(=O)NCC(NC(=O)CCl)c3ccc(C(C)C)cc3)cc2C(=O)N1. The van der Waals surface area contributed by atoms with Crippen LogP contribution in [0.3, 0.4) is 0 Å². The molecule has 2 heterocycles. The molecule has 0 bridgehead atoms. The van der Waals surface area contributed by atoms with Crippen LogP contribution in [0.2, 0.25) is 0 Å². The van der Waals surface area contributed by atoms with Crippen LogP contribution >= 0.6 is 11.6 Å². The summed E-state index contributed by atoms with van der Waals surface area (Å²) in [6, 6.07) is 8.85. The molecule has 3 N–H and O–H groups in total. The van der Waals surface area contributed by atoms with Crippen molar-refractivity contribution < 1.29 is 14.4 Å². The molecule has 1 aliphatic heterocycles. The summed E-state index contributed by atoms with van der Waals surface area (Å²) in [4.78, 5) is 36.5. The van der Waals surface area contributed by atoms with Crippen molar-refractivity contribution in [3.05, 3.63) is 52.8 Å². The van der Waals surface area contributed by atoms with Gasteiger partial charge in [0.2, 0.25) is 5.91 Å². The van der Waals surface area contributed by atoms with Crippen molar-refractivity contribution in [1.29, 1.82) is 0 Å². The third-order valence-corrected chi connectivity index (χ3v) is 5.24. The number of benzene rings is 1. The minimum Gasteiger partial charge on any atom is -0.348 e. The molecular formula is C21H26ClN5O3. The summed E-state index contributed by atoms with van der Waals surface area (Å²) in [7, 11) is 0. The van der Waals surface area contributed by atoms with Gasteiger partial charge in [-0.05, 0) is 24.0 Å². The average molecular weight is 432 g/mol. The fourth-order valence-corrected chi connectivity index (χ4v) is 3.41. The smallest absolute Gasteiger partial charge is 0.271 e. The summed E-state index contributed by atoms with van der Waals surface area (Å²) in [5.74, 6) is -0.775. The lowest BCUT2D eigenvalue weighted by atomic mass is 9.99. The first kappa shape index (κ1) is 21.8. The van der Waals surface area contributed by atoms with Crippen molar-refractivity contribution in [2.45, 2.75) is 45.3 Å². The first-order chi connectivity index (χ1) is 14.3. The molecule has 8 nitrogen and oxygen atoms in total. The van der Waals surface area contributed by atoms with E-state index >= 15 is 0 Å². The quantitative estimate of drug-likeness (QED) is 0.583. The van der Waals surface area contributed by atoms with Gasteiger partial charge in [0.1, 0.15) is 11.6 Å². The summed E-state index contributed by atoms with van der Waals surface area (Å²) in [5.41, 5.74) is 2.55. The molecule has 1 aliphatic rings. The highest BCUT2D eigenvalue weighted by atomic mass is 35.5. The number of rotatable bonds is 7. The molecule has 0 radical (unpaired) electrons. The number of fused-ring (bicyclic) bond motifs is 1. The van der Waals surface area contributed by atoms with Gasteiger partial charge >= 0.3 is 0 Å². The third-order valence-electron chi connectivity index (χ3n) is 5.00. The van der Waals surface area contributed by atoms with Crippen molar-refractivity contribution in [3.63, 3.8) is 0 Å². The Morgan fingerprint density at radius 1 is 1.27 bits per heavy atom. The Morgan fingerprint density at radius 2 is 1.93 bits per heavy atom. The van der Waals surface area contributed by atoms with Crippen molar-refractivity contribution in [1.82, 2.24) is 25.7 Å². The zero-order valence-corrected chi connectivity index (χ0v) is 18.0. The van der Waals surface area contributed by atoms with Crippen LogP contribution in [0.1, 0.15) is 64.8 Å². The van der Waals surface area contributed by atoms with Gasteiger partial charge in [0.15, 0.2) is 5.69 Å². The minimum absolute atomic E-state index is 0.0511. The van der Waals surface area contributed by atoms with Crippen LogP contribution in [-0.2, 0) is 11.3 Å². The topological polar surface area (TPSA) is 105 Å². The van der Waals surface area contributed by atoms with E-state index in [0.717, 1.165) is 5.56 Å². The van der Waals surface area contributed by atoms with Crippen molar-refractivity contribution in [2.75, 3.05) is 12.4 Å². The molecule has 2 unspecified atom stereocenters. The average Bonchev–Trinajstić information content (AvgIpc) is 3.15. The van der Waals surface area contributed by atoms with E-state index < -0.39 is 11.9 Å². The highest BCUT2D eigenvalue weighted by Crippen LogP contribution is 2.19. The van der Waals surface area contributed by atoms with Gasteiger partial charge in [-0.1, -0.05) is 38.1 Å². The molecule has 1 aromatic heterocycles. The highest BCUT2D eigenvalue weighted by molar-refractivity contribution is 6.27. The Morgan fingerprint density at radius 3 is 2.57 bits per heavy atom. The summed E-state index contributed by atoms with van der Waals surface area (Å²) >= 11 is 5.64. The number of hydrogen-bond acceptors (Lipinski definition) is 4. The number of nitrogens with one attached hydrogen (secondary N) is 3. The minimum atomic E-state index is -0.443. The van der Waals surface area contributed by atoms with Gasteiger partial charge < -0.3 is 16.0 Å². The monoisotopic (exact) mass is 431 g/mol. The Kier molecular flexibility index (Phi) is 6.77.